The molecule has 0 radical (unpaired) electrons. The predicted molar refractivity (Wildman–Crippen MR) is 87.5 cm³/mol. The molecule has 0 spiro atoms. The van der Waals surface area contributed by atoms with Crippen molar-refractivity contribution >= 4 is 35.8 Å². The van der Waals surface area contributed by atoms with E-state index in [2.05, 4.69) is 5.32 Å². The quantitative estimate of drug-likeness (QED) is 0.831. The molecule has 4 nitrogen and oxygen atoms in total. The molecule has 1 aliphatic rings. The highest BCUT2D eigenvalue weighted by Gasteiger charge is 2.40. The van der Waals surface area contributed by atoms with Gasteiger partial charge in [0.05, 0.1) is 16.2 Å². The highest BCUT2D eigenvalue weighted by Crippen LogP contribution is 2.31. The molecule has 0 bridgehead atoms. The van der Waals surface area contributed by atoms with Crippen LogP contribution in [0.1, 0.15) is 29.8 Å². The smallest absolute Gasteiger partial charge is 0.423 e. The Bertz CT molecular complexity index is 777. The molecule has 0 saturated carbocycles. The maximum Gasteiger partial charge on any atom is 0.492 e. The first-order chi connectivity index (χ1) is 10.8. The number of hydrogen-bond donors (Lipinski definition) is 2. The van der Waals surface area contributed by atoms with Crippen LogP contribution in [0, 0.1) is 5.82 Å². The second-order valence-corrected chi connectivity index (χ2v) is 6.24. The van der Waals surface area contributed by atoms with Gasteiger partial charge in [0.1, 0.15) is 5.82 Å². The van der Waals surface area contributed by atoms with E-state index in [1.807, 2.05) is 13.8 Å². The molecule has 2 aromatic rings. The highest BCUT2D eigenvalue weighted by atomic mass is 35.5. The maximum absolute atomic E-state index is 13.8. The molecule has 3 rings (SSSR count). The molecule has 0 aliphatic carbocycles. The van der Waals surface area contributed by atoms with Crippen LogP contribution in [-0.4, -0.2) is 18.0 Å². The van der Waals surface area contributed by atoms with Gasteiger partial charge in [0.15, 0.2) is 0 Å². The molecule has 1 heterocycles. The van der Waals surface area contributed by atoms with E-state index in [4.69, 9.17) is 16.3 Å². The summed E-state index contributed by atoms with van der Waals surface area (Å²) in [7, 11) is -1.06. The van der Waals surface area contributed by atoms with Gasteiger partial charge in [0, 0.05) is 5.69 Å². The summed E-state index contributed by atoms with van der Waals surface area (Å²) in [6, 6.07) is 9.10. The molecule has 2 aromatic carbocycles. The van der Waals surface area contributed by atoms with Crippen LogP contribution < -0.4 is 10.8 Å². The van der Waals surface area contributed by atoms with Gasteiger partial charge in [-0.05, 0) is 49.1 Å². The number of amides is 1. The summed E-state index contributed by atoms with van der Waals surface area (Å²) in [5, 5.41) is 12.6. The van der Waals surface area contributed by atoms with E-state index in [0.717, 1.165) is 5.56 Å². The second-order valence-electron chi connectivity index (χ2n) is 5.83. The van der Waals surface area contributed by atoms with Crippen molar-refractivity contribution in [3.05, 3.63) is 58.4 Å². The summed E-state index contributed by atoms with van der Waals surface area (Å²) in [5.74, 6) is -1.35. The van der Waals surface area contributed by atoms with Crippen molar-refractivity contribution in [1.82, 2.24) is 0 Å². The summed E-state index contributed by atoms with van der Waals surface area (Å²) in [4.78, 5) is 12.2. The first-order valence-corrected chi connectivity index (χ1v) is 7.43. The van der Waals surface area contributed by atoms with Gasteiger partial charge in [-0.3, -0.25) is 4.79 Å². The van der Waals surface area contributed by atoms with Gasteiger partial charge < -0.3 is 15.0 Å². The van der Waals surface area contributed by atoms with Crippen molar-refractivity contribution in [2.45, 2.75) is 19.4 Å². The maximum atomic E-state index is 13.8. The zero-order valence-electron chi connectivity index (χ0n) is 12.6. The first-order valence-electron chi connectivity index (χ1n) is 7.05. The highest BCUT2D eigenvalue weighted by molar-refractivity contribution is 6.62. The van der Waals surface area contributed by atoms with Crippen LogP contribution in [0.2, 0.25) is 5.02 Å². The number of carbonyl (C=O) groups excluding carboxylic acids is 1. The molecule has 118 valence electrons. The number of halogens is 2. The molecule has 0 unspecified atom stereocenters. The van der Waals surface area contributed by atoms with Crippen LogP contribution >= 0.6 is 11.6 Å². The van der Waals surface area contributed by atoms with Gasteiger partial charge in [-0.2, -0.15) is 0 Å². The number of anilines is 1. The molecule has 0 atom stereocenters. The molecule has 0 saturated heterocycles. The predicted octanol–water partition coefficient (Wildman–Crippen LogP) is 2.68. The molecule has 0 fully saturated rings. The Morgan fingerprint density at radius 1 is 1.35 bits per heavy atom. The standard InChI is InChI=1S/C16H14BClFNO3/c1-16(2)10-7-6-9(8-11(10)17(22)23-16)20-15(21)14-12(18)4-3-5-13(14)19/h3-8,22H,1-2H3,(H,20,21). The Labute approximate surface area is 138 Å². The number of fused-ring (bicyclic) bond motifs is 1. The molecule has 1 aliphatic heterocycles. The molecular weight excluding hydrogens is 319 g/mol. The summed E-state index contributed by atoms with van der Waals surface area (Å²) in [5.41, 5.74) is 1.02. The third-order valence-corrected chi connectivity index (χ3v) is 4.14. The summed E-state index contributed by atoms with van der Waals surface area (Å²) in [6.45, 7) is 3.69. The molecule has 2 N–H and O–H groups in total. The van der Waals surface area contributed by atoms with E-state index in [9.17, 15) is 14.2 Å². The van der Waals surface area contributed by atoms with Crippen molar-refractivity contribution < 1.29 is 18.9 Å². The minimum atomic E-state index is -1.06. The first kappa shape index (κ1) is 16.0. The molecule has 23 heavy (non-hydrogen) atoms. The fourth-order valence-electron chi connectivity index (χ4n) is 2.71. The molecule has 1 amide bonds. The summed E-state index contributed by atoms with van der Waals surface area (Å²) in [6.07, 6.45) is 0. The SMILES string of the molecule is CC1(C)OB(O)c2cc(NC(=O)c3c(F)cccc3Cl)ccc21. The fraction of sp³-hybridized carbons (Fsp3) is 0.188. The minimum Gasteiger partial charge on any atom is -0.423 e. The van der Waals surface area contributed by atoms with Gasteiger partial charge in [-0.25, -0.2) is 4.39 Å². The van der Waals surface area contributed by atoms with Crippen LogP contribution in [0.4, 0.5) is 10.1 Å². The van der Waals surface area contributed by atoms with Crippen molar-refractivity contribution in [3.8, 4) is 0 Å². The van der Waals surface area contributed by atoms with Crippen LogP contribution in [0.25, 0.3) is 0 Å². The third kappa shape index (κ3) is 2.85. The van der Waals surface area contributed by atoms with E-state index < -0.39 is 24.4 Å². The number of benzene rings is 2. The summed E-state index contributed by atoms with van der Waals surface area (Å²) >= 11 is 5.88. The van der Waals surface area contributed by atoms with Gasteiger partial charge in [0.2, 0.25) is 0 Å². The lowest BCUT2D eigenvalue weighted by Gasteiger charge is -2.19. The zero-order chi connectivity index (χ0) is 16.8. The zero-order valence-corrected chi connectivity index (χ0v) is 13.3. The average Bonchev–Trinajstić information content (AvgIpc) is 2.68. The molecular formula is C16H14BClFNO3. The fourth-order valence-corrected chi connectivity index (χ4v) is 2.96. The molecule has 0 aromatic heterocycles. The van der Waals surface area contributed by atoms with E-state index in [0.29, 0.717) is 11.2 Å². The minimum absolute atomic E-state index is 0.0353. The average molecular weight is 334 g/mol. The molecule has 7 heteroatoms. The topological polar surface area (TPSA) is 58.6 Å². The summed E-state index contributed by atoms with van der Waals surface area (Å²) < 4.78 is 19.2. The van der Waals surface area contributed by atoms with Crippen LogP contribution in [0.3, 0.4) is 0 Å². The monoisotopic (exact) mass is 333 g/mol. The number of hydrogen-bond acceptors (Lipinski definition) is 3. The van der Waals surface area contributed by atoms with Crippen molar-refractivity contribution in [3.63, 3.8) is 0 Å². The van der Waals surface area contributed by atoms with Gasteiger partial charge in [-0.15, -0.1) is 0 Å². The Balaban J connectivity index is 1.90. The van der Waals surface area contributed by atoms with Crippen molar-refractivity contribution in [1.29, 1.82) is 0 Å². The van der Waals surface area contributed by atoms with Crippen LogP contribution in [-0.2, 0) is 10.3 Å². The third-order valence-electron chi connectivity index (χ3n) is 3.82. The lowest BCUT2D eigenvalue weighted by molar-refractivity contribution is 0.100. The Hall–Kier alpha value is -1.89. The van der Waals surface area contributed by atoms with E-state index >= 15 is 0 Å². The normalized spacial score (nSPS) is 15.4. The van der Waals surface area contributed by atoms with Gasteiger partial charge in [0.25, 0.3) is 5.91 Å². The van der Waals surface area contributed by atoms with E-state index in [1.165, 1.54) is 18.2 Å². The second kappa shape index (κ2) is 5.63. The number of nitrogens with one attached hydrogen (secondary N) is 1. The van der Waals surface area contributed by atoms with Crippen molar-refractivity contribution in [2.75, 3.05) is 5.32 Å². The van der Waals surface area contributed by atoms with E-state index in [-0.39, 0.29) is 10.6 Å². The lowest BCUT2D eigenvalue weighted by Crippen LogP contribution is -2.29. The largest absolute Gasteiger partial charge is 0.492 e. The van der Waals surface area contributed by atoms with Crippen molar-refractivity contribution in [2.24, 2.45) is 0 Å². The lowest BCUT2D eigenvalue weighted by atomic mass is 9.78. The van der Waals surface area contributed by atoms with Gasteiger partial charge >= 0.3 is 7.12 Å². The van der Waals surface area contributed by atoms with E-state index in [1.54, 1.807) is 18.2 Å². The van der Waals surface area contributed by atoms with Gasteiger partial charge in [-0.1, -0.05) is 23.7 Å². The number of rotatable bonds is 2. The Morgan fingerprint density at radius 3 is 2.78 bits per heavy atom. The van der Waals surface area contributed by atoms with Crippen LogP contribution in [0.15, 0.2) is 36.4 Å². The number of carbonyl (C=O) groups is 1. The Morgan fingerprint density at radius 2 is 2.09 bits per heavy atom. The Kier molecular flexibility index (Phi) is 3.92. The van der Waals surface area contributed by atoms with Crippen LogP contribution in [0.5, 0.6) is 0 Å².